The molecule has 1 aromatic rings. The lowest BCUT2D eigenvalue weighted by molar-refractivity contribution is -0.359. The molecule has 0 bridgehead atoms. The van der Waals surface area contributed by atoms with Gasteiger partial charge in [-0.2, -0.15) is 30.7 Å². The van der Waals surface area contributed by atoms with Gasteiger partial charge in [0.1, 0.15) is 5.75 Å². The van der Waals surface area contributed by atoms with Crippen LogP contribution in [0.2, 0.25) is 6.04 Å². The minimum atomic E-state index is -6.46. The minimum absolute atomic E-state index is 0.138. The Hall–Kier alpha value is -1.37. The second kappa shape index (κ2) is 9.84. The number of benzene rings is 1. The van der Waals surface area contributed by atoms with Crippen molar-refractivity contribution in [2.75, 3.05) is 14.2 Å². The van der Waals surface area contributed by atoms with E-state index in [0.29, 0.717) is 18.5 Å². The van der Waals surface area contributed by atoms with Crippen molar-refractivity contribution in [2.24, 2.45) is 0 Å². The molecule has 0 spiro atoms. The van der Waals surface area contributed by atoms with Gasteiger partial charge in [-0.3, -0.25) is 0 Å². The van der Waals surface area contributed by atoms with Crippen LogP contribution in [0.25, 0.3) is 0 Å². The van der Waals surface area contributed by atoms with Gasteiger partial charge in [0, 0.05) is 25.8 Å². The third-order valence-corrected chi connectivity index (χ3v) is 7.11. The molecule has 0 atom stereocenters. The van der Waals surface area contributed by atoms with Crippen LogP contribution in [0.4, 0.5) is 30.7 Å². The van der Waals surface area contributed by atoms with Gasteiger partial charge in [0.25, 0.3) is 0 Å². The molecule has 1 rings (SSSR count). The molecule has 174 valence electrons. The zero-order valence-electron chi connectivity index (χ0n) is 17.2. The van der Waals surface area contributed by atoms with E-state index in [-0.39, 0.29) is 5.56 Å². The monoisotopic (exact) mass is 466 g/mol. The first kappa shape index (κ1) is 26.7. The molecule has 4 nitrogen and oxygen atoms in total. The standard InChI is InChI=1S/C18H25F7O4Si/c1-6-10-30(26-4,27-5)28-11-13-8-7-9-14(15(13)29-12(2)3)16(19,20)17(21,22)18(23,24)25/h7-9,12H,6,10-11H2,1-5H3. The molecular formula is C18H25F7O4Si. The summed E-state index contributed by atoms with van der Waals surface area (Å²) < 4.78 is 116. The molecule has 0 aromatic heterocycles. The molecule has 0 amide bonds. The lowest BCUT2D eigenvalue weighted by Crippen LogP contribution is -2.50. The number of alkyl halides is 7. The van der Waals surface area contributed by atoms with Crippen molar-refractivity contribution in [3.8, 4) is 5.75 Å². The Labute approximate surface area is 171 Å². The molecule has 0 radical (unpaired) electrons. The van der Waals surface area contributed by atoms with Crippen LogP contribution >= 0.6 is 0 Å². The quantitative estimate of drug-likeness (QED) is 0.300. The second-order valence-corrected chi connectivity index (χ2v) is 9.71. The lowest BCUT2D eigenvalue weighted by atomic mass is 9.98. The molecule has 0 heterocycles. The highest BCUT2D eigenvalue weighted by atomic mass is 28.4. The third-order valence-electron chi connectivity index (χ3n) is 4.16. The van der Waals surface area contributed by atoms with Crippen LogP contribution in [0.1, 0.15) is 38.3 Å². The van der Waals surface area contributed by atoms with Gasteiger partial charge < -0.3 is 18.0 Å². The van der Waals surface area contributed by atoms with E-state index in [1.54, 1.807) is 0 Å². The van der Waals surface area contributed by atoms with Crippen LogP contribution in [-0.2, 0) is 25.8 Å². The Balaban J connectivity index is 3.48. The maximum absolute atomic E-state index is 14.4. The summed E-state index contributed by atoms with van der Waals surface area (Å²) in [6.45, 7) is 4.22. The Morgan fingerprint density at radius 3 is 1.97 bits per heavy atom. The highest BCUT2D eigenvalue weighted by Gasteiger charge is 2.74. The summed E-state index contributed by atoms with van der Waals surface area (Å²) in [6, 6.07) is 3.02. The lowest BCUT2D eigenvalue weighted by Gasteiger charge is -2.31. The Morgan fingerprint density at radius 1 is 0.967 bits per heavy atom. The number of hydrogen-bond donors (Lipinski definition) is 0. The van der Waals surface area contributed by atoms with E-state index in [9.17, 15) is 30.7 Å². The van der Waals surface area contributed by atoms with Crippen molar-refractivity contribution in [3.05, 3.63) is 29.3 Å². The molecule has 0 aliphatic carbocycles. The van der Waals surface area contributed by atoms with E-state index < -0.39 is 50.8 Å². The first-order valence-corrected chi connectivity index (χ1v) is 11.0. The van der Waals surface area contributed by atoms with E-state index in [1.165, 1.54) is 34.1 Å². The summed E-state index contributed by atoms with van der Waals surface area (Å²) in [6.07, 6.45) is -6.64. The fourth-order valence-electron chi connectivity index (χ4n) is 2.64. The van der Waals surface area contributed by atoms with Crippen molar-refractivity contribution in [2.45, 2.75) is 64.0 Å². The predicted octanol–water partition coefficient (Wildman–Crippen LogP) is 5.92. The molecule has 0 aliphatic rings. The Kier molecular flexibility index (Phi) is 8.74. The van der Waals surface area contributed by atoms with Gasteiger partial charge in [-0.25, -0.2) is 0 Å². The maximum Gasteiger partial charge on any atom is 0.500 e. The number of rotatable bonds is 11. The third kappa shape index (κ3) is 5.45. The van der Waals surface area contributed by atoms with Gasteiger partial charge in [-0.15, -0.1) is 0 Å². The van der Waals surface area contributed by atoms with E-state index in [4.69, 9.17) is 18.0 Å². The zero-order valence-corrected chi connectivity index (χ0v) is 18.2. The maximum atomic E-state index is 14.4. The molecule has 0 unspecified atom stereocenters. The average Bonchev–Trinajstić information content (AvgIpc) is 2.64. The molecule has 1 aromatic carbocycles. The minimum Gasteiger partial charge on any atom is -0.490 e. The smallest absolute Gasteiger partial charge is 0.490 e. The van der Waals surface area contributed by atoms with Crippen LogP contribution in [0, 0.1) is 0 Å². The predicted molar refractivity (Wildman–Crippen MR) is 96.8 cm³/mol. The first-order chi connectivity index (χ1) is 13.7. The summed E-state index contributed by atoms with van der Waals surface area (Å²) >= 11 is 0. The van der Waals surface area contributed by atoms with Crippen LogP contribution in [-0.4, -0.2) is 41.2 Å². The molecule has 0 N–H and O–H groups in total. The molecule has 12 heteroatoms. The summed E-state index contributed by atoms with van der Waals surface area (Å²) in [4.78, 5) is 0. The number of halogens is 7. The van der Waals surface area contributed by atoms with Crippen LogP contribution in [0.5, 0.6) is 5.75 Å². The largest absolute Gasteiger partial charge is 0.500 e. The van der Waals surface area contributed by atoms with E-state index in [2.05, 4.69) is 0 Å². The number of para-hydroxylation sites is 1. The van der Waals surface area contributed by atoms with Gasteiger partial charge in [-0.1, -0.05) is 25.5 Å². The summed E-state index contributed by atoms with van der Waals surface area (Å²) in [5.41, 5.74) is -1.72. The van der Waals surface area contributed by atoms with Gasteiger partial charge in [0.2, 0.25) is 0 Å². The average molecular weight is 466 g/mol. The summed E-state index contributed by atoms with van der Waals surface area (Å²) in [7, 11) is -0.513. The molecule has 0 fully saturated rings. The van der Waals surface area contributed by atoms with Crippen molar-refractivity contribution < 1.29 is 48.7 Å². The van der Waals surface area contributed by atoms with Crippen LogP contribution in [0.15, 0.2) is 18.2 Å². The van der Waals surface area contributed by atoms with Crippen LogP contribution in [0.3, 0.4) is 0 Å². The van der Waals surface area contributed by atoms with Crippen molar-refractivity contribution in [1.29, 1.82) is 0 Å². The SMILES string of the molecule is CCC[Si](OC)(OC)OCc1cccc(C(F)(F)C(F)(F)C(F)(F)F)c1OC(C)C. The van der Waals surface area contributed by atoms with E-state index in [0.717, 1.165) is 6.07 Å². The first-order valence-electron chi connectivity index (χ1n) is 9.04. The summed E-state index contributed by atoms with van der Waals surface area (Å²) in [5.74, 6) is -12.7. The molecule has 0 saturated carbocycles. The normalized spacial score (nSPS) is 13.8. The second-order valence-electron chi connectivity index (χ2n) is 6.74. The van der Waals surface area contributed by atoms with Crippen molar-refractivity contribution >= 4 is 8.80 Å². The van der Waals surface area contributed by atoms with Gasteiger partial charge >= 0.3 is 26.8 Å². The molecule has 0 saturated heterocycles. The topological polar surface area (TPSA) is 36.9 Å². The zero-order chi connectivity index (χ0) is 23.4. The fraction of sp³-hybridized carbons (Fsp3) is 0.667. The highest BCUT2D eigenvalue weighted by molar-refractivity contribution is 6.60. The van der Waals surface area contributed by atoms with Crippen molar-refractivity contribution in [3.63, 3.8) is 0 Å². The highest BCUT2D eigenvalue weighted by Crippen LogP contribution is 2.54. The van der Waals surface area contributed by atoms with Gasteiger partial charge in [0.15, 0.2) is 0 Å². The number of ether oxygens (including phenoxy) is 1. The molecule has 0 aliphatic heterocycles. The van der Waals surface area contributed by atoms with Gasteiger partial charge in [0.05, 0.1) is 18.3 Å². The fourth-order valence-corrected chi connectivity index (χ4v) is 4.58. The molecular weight excluding hydrogens is 441 g/mol. The van der Waals surface area contributed by atoms with E-state index in [1.807, 2.05) is 6.92 Å². The summed E-state index contributed by atoms with van der Waals surface area (Å²) in [5, 5.41) is 0. The van der Waals surface area contributed by atoms with Gasteiger partial charge in [-0.05, 0) is 19.9 Å². The molecule has 30 heavy (non-hydrogen) atoms. The number of hydrogen-bond acceptors (Lipinski definition) is 4. The van der Waals surface area contributed by atoms with Crippen molar-refractivity contribution in [1.82, 2.24) is 0 Å². The Morgan fingerprint density at radius 2 is 1.53 bits per heavy atom. The van der Waals surface area contributed by atoms with E-state index >= 15 is 0 Å². The van der Waals surface area contributed by atoms with Crippen LogP contribution < -0.4 is 4.74 Å². The Bertz CT molecular complexity index is 692.